The molecule has 4 rings (SSSR count). The van der Waals surface area contributed by atoms with Gasteiger partial charge in [0.05, 0.1) is 6.54 Å². The number of benzene rings is 2. The molecule has 2 heterocycles. The normalized spacial score (nSPS) is 17.5. The molecule has 0 aliphatic carbocycles. The lowest BCUT2D eigenvalue weighted by Crippen LogP contribution is -2.55. The molecule has 1 fully saturated rings. The highest BCUT2D eigenvalue weighted by Crippen LogP contribution is 2.26. The number of aliphatic hydroxyl groups excluding tert-OH is 1. The molecule has 3 aromatic rings. The smallest absolute Gasteiger partial charge is 0.257 e. The first-order valence-electron chi connectivity index (χ1n) is 11.7. The molecule has 182 valence electrons. The minimum atomic E-state index is -0.768. The molecule has 1 aliphatic rings. The van der Waals surface area contributed by atoms with Crippen LogP contribution in [0.4, 0.5) is 4.39 Å². The molecule has 8 heteroatoms. The van der Waals surface area contributed by atoms with E-state index in [9.17, 15) is 9.50 Å². The highest BCUT2D eigenvalue weighted by molar-refractivity contribution is 5.53. The number of halogens is 1. The zero-order chi connectivity index (χ0) is 24.3. The number of aromatic nitrogens is 2. The molecule has 0 bridgehead atoms. The second-order valence-electron chi connectivity index (χ2n) is 9.83. The van der Waals surface area contributed by atoms with Crippen molar-refractivity contribution in [2.24, 2.45) is 0 Å². The molecule has 0 spiro atoms. The van der Waals surface area contributed by atoms with Crippen LogP contribution in [0, 0.1) is 5.82 Å². The predicted molar refractivity (Wildman–Crippen MR) is 128 cm³/mol. The van der Waals surface area contributed by atoms with Gasteiger partial charge in [0.15, 0.2) is 23.6 Å². The van der Waals surface area contributed by atoms with E-state index in [1.807, 2.05) is 17.0 Å². The summed E-state index contributed by atoms with van der Waals surface area (Å²) in [6, 6.07) is 14.5. The van der Waals surface area contributed by atoms with Crippen LogP contribution in [-0.4, -0.2) is 63.6 Å². The van der Waals surface area contributed by atoms with Crippen molar-refractivity contribution >= 4 is 0 Å². The number of aliphatic hydroxyl groups is 1. The SMILES string of the molecule is CC(O)C(Oc1ccccc1F)N1CCN(Cc2noc(-c3ccc(C(C)(C)C)cc3)n2)CC1. The third-order valence-corrected chi connectivity index (χ3v) is 6.09. The fourth-order valence-electron chi connectivity index (χ4n) is 4.07. The lowest BCUT2D eigenvalue weighted by molar-refractivity contribution is -0.0767. The Morgan fingerprint density at radius 1 is 1.06 bits per heavy atom. The van der Waals surface area contributed by atoms with Gasteiger partial charge in [-0.2, -0.15) is 4.98 Å². The third-order valence-electron chi connectivity index (χ3n) is 6.09. The number of hydrogen-bond acceptors (Lipinski definition) is 7. The first-order chi connectivity index (χ1) is 16.2. The lowest BCUT2D eigenvalue weighted by atomic mass is 9.87. The molecular weight excluding hydrogens is 435 g/mol. The Hall–Kier alpha value is -2.81. The summed E-state index contributed by atoms with van der Waals surface area (Å²) in [5.74, 6) is 0.859. The molecule has 2 atom stereocenters. The maximum absolute atomic E-state index is 14.0. The van der Waals surface area contributed by atoms with Gasteiger partial charge in [-0.1, -0.05) is 50.2 Å². The quantitative estimate of drug-likeness (QED) is 0.560. The number of rotatable bonds is 7. The summed E-state index contributed by atoms with van der Waals surface area (Å²) in [5.41, 5.74) is 2.25. The number of piperazine rings is 1. The number of ether oxygens (including phenoxy) is 1. The van der Waals surface area contributed by atoms with E-state index >= 15 is 0 Å². The lowest BCUT2D eigenvalue weighted by Gasteiger charge is -2.39. The monoisotopic (exact) mass is 468 g/mol. The van der Waals surface area contributed by atoms with Crippen LogP contribution in [0.5, 0.6) is 5.75 Å². The van der Waals surface area contributed by atoms with Gasteiger partial charge in [0.1, 0.15) is 6.10 Å². The second kappa shape index (κ2) is 10.2. The Kier molecular flexibility index (Phi) is 7.30. The van der Waals surface area contributed by atoms with Crippen molar-refractivity contribution in [3.8, 4) is 17.2 Å². The van der Waals surface area contributed by atoms with Crippen molar-refractivity contribution in [2.45, 2.75) is 52.0 Å². The summed E-state index contributed by atoms with van der Waals surface area (Å²) >= 11 is 0. The molecule has 1 saturated heterocycles. The first-order valence-corrected chi connectivity index (χ1v) is 11.7. The molecule has 1 aromatic heterocycles. The van der Waals surface area contributed by atoms with Crippen LogP contribution in [0.15, 0.2) is 53.1 Å². The maximum atomic E-state index is 14.0. The van der Waals surface area contributed by atoms with Crippen LogP contribution in [0.3, 0.4) is 0 Å². The Bertz CT molecular complexity index is 1070. The topological polar surface area (TPSA) is 74.9 Å². The highest BCUT2D eigenvalue weighted by Gasteiger charge is 2.30. The molecule has 0 radical (unpaired) electrons. The van der Waals surface area contributed by atoms with E-state index in [1.165, 1.54) is 11.6 Å². The van der Waals surface area contributed by atoms with E-state index < -0.39 is 18.1 Å². The van der Waals surface area contributed by atoms with Crippen molar-refractivity contribution in [1.29, 1.82) is 0 Å². The van der Waals surface area contributed by atoms with Crippen LogP contribution < -0.4 is 4.74 Å². The fourth-order valence-corrected chi connectivity index (χ4v) is 4.07. The summed E-state index contributed by atoms with van der Waals surface area (Å²) in [4.78, 5) is 8.84. The molecule has 2 aromatic carbocycles. The van der Waals surface area contributed by atoms with Gasteiger partial charge < -0.3 is 14.4 Å². The van der Waals surface area contributed by atoms with Gasteiger partial charge >= 0.3 is 0 Å². The molecule has 2 unspecified atom stereocenters. The summed E-state index contributed by atoms with van der Waals surface area (Å²) in [5, 5.41) is 14.4. The average molecular weight is 469 g/mol. The molecule has 0 saturated carbocycles. The van der Waals surface area contributed by atoms with E-state index in [-0.39, 0.29) is 11.2 Å². The summed E-state index contributed by atoms with van der Waals surface area (Å²) in [6.45, 7) is 11.6. The van der Waals surface area contributed by atoms with Crippen molar-refractivity contribution < 1.29 is 18.8 Å². The second-order valence-corrected chi connectivity index (χ2v) is 9.83. The van der Waals surface area contributed by atoms with Crippen molar-refractivity contribution in [3.63, 3.8) is 0 Å². The molecular formula is C26H33FN4O3. The molecule has 0 amide bonds. The predicted octanol–water partition coefficient (Wildman–Crippen LogP) is 4.08. The van der Waals surface area contributed by atoms with Crippen molar-refractivity contribution in [1.82, 2.24) is 19.9 Å². The van der Waals surface area contributed by atoms with E-state index in [1.54, 1.807) is 25.1 Å². The largest absolute Gasteiger partial charge is 0.469 e. The van der Waals surface area contributed by atoms with Crippen LogP contribution in [-0.2, 0) is 12.0 Å². The van der Waals surface area contributed by atoms with Gasteiger partial charge in [0, 0.05) is 31.7 Å². The standard InChI is InChI=1S/C26H33FN4O3/c1-18(32)25(33-22-8-6-5-7-21(22)27)31-15-13-30(14-16-31)17-23-28-24(34-29-23)19-9-11-20(12-10-19)26(2,3)4/h5-12,18,25,32H,13-17H2,1-4H3. The van der Waals surface area contributed by atoms with Gasteiger partial charge in [-0.15, -0.1) is 0 Å². The Labute approximate surface area is 200 Å². The molecule has 7 nitrogen and oxygen atoms in total. The van der Waals surface area contributed by atoms with Gasteiger partial charge in [0.2, 0.25) is 0 Å². The van der Waals surface area contributed by atoms with Crippen molar-refractivity contribution in [2.75, 3.05) is 26.2 Å². The Morgan fingerprint density at radius 3 is 2.35 bits per heavy atom. The molecule has 1 N–H and O–H groups in total. The summed E-state index contributed by atoms with van der Waals surface area (Å²) < 4.78 is 25.3. The van der Waals surface area contributed by atoms with E-state index in [0.717, 1.165) is 18.7 Å². The number of hydrogen-bond donors (Lipinski definition) is 1. The van der Waals surface area contributed by atoms with Crippen LogP contribution in [0.2, 0.25) is 0 Å². The van der Waals surface area contributed by atoms with Gasteiger partial charge in [-0.25, -0.2) is 4.39 Å². The third kappa shape index (κ3) is 5.81. The van der Waals surface area contributed by atoms with Crippen molar-refractivity contribution in [3.05, 3.63) is 65.7 Å². The fraction of sp³-hybridized carbons (Fsp3) is 0.462. The van der Waals surface area contributed by atoms with E-state index in [4.69, 9.17) is 9.26 Å². The number of para-hydroxylation sites is 1. The summed E-state index contributed by atoms with van der Waals surface area (Å²) in [6.07, 6.45) is -1.39. The van der Waals surface area contributed by atoms with Crippen LogP contribution in [0.25, 0.3) is 11.5 Å². The van der Waals surface area contributed by atoms with Gasteiger partial charge in [0.25, 0.3) is 5.89 Å². The number of nitrogens with zero attached hydrogens (tertiary/aromatic N) is 4. The highest BCUT2D eigenvalue weighted by atomic mass is 19.1. The molecule has 1 aliphatic heterocycles. The van der Waals surface area contributed by atoms with Gasteiger partial charge in [-0.3, -0.25) is 9.80 Å². The van der Waals surface area contributed by atoms with Crippen LogP contribution in [0.1, 0.15) is 39.1 Å². The van der Waals surface area contributed by atoms with Crippen LogP contribution >= 0.6 is 0 Å². The maximum Gasteiger partial charge on any atom is 0.257 e. The Morgan fingerprint density at radius 2 is 1.74 bits per heavy atom. The average Bonchev–Trinajstić information content (AvgIpc) is 3.27. The summed E-state index contributed by atoms with van der Waals surface area (Å²) in [7, 11) is 0. The minimum Gasteiger partial charge on any atom is -0.469 e. The van der Waals surface area contributed by atoms with E-state index in [2.05, 4.69) is 47.9 Å². The Balaban J connectivity index is 1.33. The van der Waals surface area contributed by atoms with Gasteiger partial charge in [-0.05, 0) is 42.2 Å². The zero-order valence-electron chi connectivity index (χ0n) is 20.2. The zero-order valence-corrected chi connectivity index (χ0v) is 20.2. The van der Waals surface area contributed by atoms with E-state index in [0.29, 0.717) is 31.3 Å². The molecule has 34 heavy (non-hydrogen) atoms. The first kappa shape index (κ1) is 24.3. The minimum absolute atomic E-state index is 0.0911.